The summed E-state index contributed by atoms with van der Waals surface area (Å²) >= 11 is 3.58. The fourth-order valence-corrected chi connectivity index (χ4v) is 8.81. The van der Waals surface area contributed by atoms with Gasteiger partial charge in [0, 0.05) is 63.3 Å². The van der Waals surface area contributed by atoms with Crippen LogP contribution in [0.15, 0.2) is 61.2 Å². The number of imidazole rings is 2. The first-order chi connectivity index (χ1) is 28.1. The van der Waals surface area contributed by atoms with Gasteiger partial charge in [0.25, 0.3) is 0 Å². The van der Waals surface area contributed by atoms with Gasteiger partial charge in [0.1, 0.15) is 12.2 Å². The van der Waals surface area contributed by atoms with Crippen LogP contribution in [0.5, 0.6) is 0 Å². The van der Waals surface area contributed by atoms with Crippen molar-refractivity contribution in [3.8, 4) is 20.9 Å². The first-order valence-corrected chi connectivity index (χ1v) is 21.3. The van der Waals surface area contributed by atoms with E-state index in [1.807, 2.05) is 30.5 Å². The van der Waals surface area contributed by atoms with Gasteiger partial charge in [-0.15, -0.1) is 22.7 Å². The molecule has 2 saturated heterocycles. The van der Waals surface area contributed by atoms with Crippen LogP contribution in [0.1, 0.15) is 86.4 Å². The highest BCUT2D eigenvalue weighted by Crippen LogP contribution is 2.42. The molecule has 2 fully saturated rings. The summed E-state index contributed by atoms with van der Waals surface area (Å²) in [5.74, 6) is 0.340. The van der Waals surface area contributed by atoms with E-state index in [-0.39, 0.29) is 39.4 Å². The van der Waals surface area contributed by atoms with E-state index in [1.165, 1.54) is 58.2 Å². The van der Waals surface area contributed by atoms with Crippen molar-refractivity contribution in [2.45, 2.75) is 80.7 Å². The Kier molecular flexibility index (Phi) is 19.5. The zero-order chi connectivity index (χ0) is 41.6. The van der Waals surface area contributed by atoms with Crippen LogP contribution in [0.2, 0.25) is 0 Å². The molecule has 7 heterocycles. The fraction of sp³-hybridized carbons (Fsp3) is 0.455. The summed E-state index contributed by atoms with van der Waals surface area (Å²) in [6.07, 6.45) is 11.2. The molecule has 4 amide bonds. The lowest BCUT2D eigenvalue weighted by Gasteiger charge is -2.23. The third-order valence-corrected chi connectivity index (χ3v) is 11.7. The number of aromatic amines is 1. The number of nitrogens with one attached hydrogen (secondary N) is 3. The number of aromatic nitrogens is 4. The number of benzene rings is 1. The zero-order valence-electron chi connectivity index (χ0n) is 34.1. The van der Waals surface area contributed by atoms with E-state index in [9.17, 15) is 19.2 Å². The minimum absolute atomic E-state index is 0. The average molecular weight is 863 g/mol. The molecular formula is C44H62N8O6S2. The van der Waals surface area contributed by atoms with Gasteiger partial charge in [-0.05, 0) is 73.6 Å². The van der Waals surface area contributed by atoms with E-state index < -0.39 is 6.09 Å². The smallest absolute Gasteiger partial charge is 0.407 e. The second-order valence-corrected chi connectivity index (χ2v) is 16.5. The Morgan fingerprint density at radius 3 is 2.13 bits per heavy atom. The lowest BCUT2D eigenvalue weighted by molar-refractivity contribution is -0.131. The number of alkyl carbamates (subject to hydrolysis) is 2. The molecule has 1 unspecified atom stereocenters. The van der Waals surface area contributed by atoms with Crippen LogP contribution in [-0.2, 0) is 19.1 Å². The van der Waals surface area contributed by atoms with Crippen LogP contribution in [0, 0.1) is 5.92 Å². The maximum Gasteiger partial charge on any atom is 0.407 e. The summed E-state index contributed by atoms with van der Waals surface area (Å²) in [7, 11) is 2.64. The summed E-state index contributed by atoms with van der Waals surface area (Å²) in [6.45, 7) is 11.5. The van der Waals surface area contributed by atoms with Crippen LogP contribution in [-0.4, -0.2) is 101 Å². The first kappa shape index (κ1) is 48.9. The zero-order valence-corrected chi connectivity index (χ0v) is 35.7. The monoisotopic (exact) mass is 862 g/mol. The molecule has 2 aliphatic rings. The number of fused-ring (bicyclic) bond motifs is 3. The van der Waals surface area contributed by atoms with Gasteiger partial charge in [0.15, 0.2) is 0 Å². The maximum atomic E-state index is 12.7. The van der Waals surface area contributed by atoms with Crippen LogP contribution >= 0.6 is 22.7 Å². The van der Waals surface area contributed by atoms with E-state index >= 15 is 0 Å². The summed E-state index contributed by atoms with van der Waals surface area (Å²) < 4.78 is 13.5. The van der Waals surface area contributed by atoms with Crippen molar-refractivity contribution in [1.29, 1.82) is 0 Å². The number of pyridine rings is 1. The number of likely N-dealkylation sites (tertiary alicyclic amines) is 2. The standard InChI is InChI=1S/C28H24N6O3S2.C6H13NO2.C5H9NO.C3H8.2CH4/c1-37-28(36)29-12-27(35)34-8-2-3-21(34)20-14-33-13-17(5-7-26(33)32-20)23-11-25-24(39-23)10-22(38-25)16-4-6-18-19(9-16)31-15-30-18;1-5(2)4-7-6(8)9-3;7-5-6-3-1-2-4-6;1-3-2;;/h4-7,9-11,13-15,21H,2-3,8,12H2,1H3,(H,29,36)(H,30,31);5H,4H2,1-3H3,(H,7,8);5H,1-4H2;3H2,1-2H3;2*1H4. The third-order valence-electron chi connectivity index (χ3n) is 9.28. The second kappa shape index (κ2) is 23.9. The minimum atomic E-state index is -0.611. The molecule has 0 spiro atoms. The molecule has 2 aliphatic heterocycles. The lowest BCUT2D eigenvalue weighted by atomic mass is 10.1. The minimum Gasteiger partial charge on any atom is -0.453 e. The number of H-pyrrole nitrogens is 1. The largest absolute Gasteiger partial charge is 0.453 e. The number of thiophene rings is 2. The van der Waals surface area contributed by atoms with Gasteiger partial charge in [0.05, 0.1) is 43.3 Å². The Hall–Kier alpha value is -5.48. The van der Waals surface area contributed by atoms with E-state index in [2.05, 4.69) is 86.5 Å². The number of hydrogen-bond donors (Lipinski definition) is 3. The van der Waals surface area contributed by atoms with E-state index in [1.54, 1.807) is 38.8 Å². The lowest BCUT2D eigenvalue weighted by Crippen LogP contribution is -2.39. The molecule has 1 atom stereocenters. The summed E-state index contributed by atoms with van der Waals surface area (Å²) in [5.41, 5.74) is 6.04. The van der Waals surface area contributed by atoms with Gasteiger partial charge in [0.2, 0.25) is 12.3 Å². The van der Waals surface area contributed by atoms with E-state index in [4.69, 9.17) is 4.98 Å². The Labute approximate surface area is 361 Å². The van der Waals surface area contributed by atoms with E-state index in [0.717, 1.165) is 60.3 Å². The summed E-state index contributed by atoms with van der Waals surface area (Å²) in [6, 6.07) is 14.9. The fourth-order valence-electron chi connectivity index (χ4n) is 6.43. The third kappa shape index (κ3) is 13.0. The molecule has 8 rings (SSSR count). The molecule has 0 bridgehead atoms. The molecule has 16 heteroatoms. The van der Waals surface area contributed by atoms with Crippen LogP contribution in [0.25, 0.3) is 47.0 Å². The maximum absolute atomic E-state index is 12.7. The SMILES string of the molecule is C.C.CCC.COC(=O)NCC(=O)N1CCCC1c1cn2cc(-c3cc4sc(-c5ccc6nc[nH]c6c5)cc4s3)ccc2n1.COC(=O)NCC(C)C.O=CN1CCCC1. The molecule has 3 N–H and O–H groups in total. The molecule has 0 radical (unpaired) electrons. The van der Waals surface area contributed by atoms with Crippen molar-refractivity contribution >= 4 is 73.3 Å². The van der Waals surface area contributed by atoms with Crippen LogP contribution in [0.3, 0.4) is 0 Å². The molecule has 326 valence electrons. The number of carbonyl (C=O) groups excluding carboxylic acids is 4. The van der Waals surface area contributed by atoms with Gasteiger partial charge < -0.3 is 39.3 Å². The van der Waals surface area contributed by atoms with Gasteiger partial charge in [-0.25, -0.2) is 19.6 Å². The Balaban J connectivity index is 0.000000382. The predicted octanol–water partition coefficient (Wildman–Crippen LogP) is 9.77. The van der Waals surface area contributed by atoms with Crippen molar-refractivity contribution in [3.05, 3.63) is 66.9 Å². The van der Waals surface area contributed by atoms with Crippen LogP contribution in [0.4, 0.5) is 9.59 Å². The van der Waals surface area contributed by atoms with Gasteiger partial charge in [-0.1, -0.05) is 55.0 Å². The second-order valence-electron chi connectivity index (χ2n) is 14.3. The molecule has 14 nitrogen and oxygen atoms in total. The number of nitrogens with zero attached hydrogens (tertiary/aromatic N) is 5. The Morgan fingerprint density at radius 2 is 1.52 bits per heavy atom. The van der Waals surface area contributed by atoms with Crippen molar-refractivity contribution in [2.75, 3.05) is 46.9 Å². The Morgan fingerprint density at radius 1 is 0.883 bits per heavy atom. The van der Waals surface area contributed by atoms with Gasteiger partial charge in [-0.2, -0.15) is 0 Å². The molecular weight excluding hydrogens is 801 g/mol. The highest BCUT2D eigenvalue weighted by Gasteiger charge is 2.32. The molecule has 0 saturated carbocycles. The first-order valence-electron chi connectivity index (χ1n) is 19.7. The number of amides is 4. The van der Waals surface area contributed by atoms with Crippen molar-refractivity contribution in [2.24, 2.45) is 5.92 Å². The number of hydrogen-bond acceptors (Lipinski definition) is 10. The number of rotatable bonds is 8. The van der Waals surface area contributed by atoms with Crippen molar-refractivity contribution in [3.63, 3.8) is 0 Å². The predicted molar refractivity (Wildman–Crippen MR) is 245 cm³/mol. The summed E-state index contributed by atoms with van der Waals surface area (Å²) in [5, 5.41) is 5.05. The number of ether oxygens (including phenoxy) is 2. The summed E-state index contributed by atoms with van der Waals surface area (Å²) in [4.78, 5) is 62.8. The average Bonchev–Trinajstić information content (AvgIpc) is 4.09. The quantitative estimate of drug-likeness (QED) is 0.127. The molecule has 5 aromatic heterocycles. The molecule has 0 aliphatic carbocycles. The van der Waals surface area contributed by atoms with E-state index in [0.29, 0.717) is 19.0 Å². The van der Waals surface area contributed by atoms with Crippen LogP contribution < -0.4 is 10.6 Å². The van der Waals surface area contributed by atoms with Gasteiger partial charge >= 0.3 is 12.2 Å². The molecule has 6 aromatic rings. The Bertz CT molecular complexity index is 2240. The number of carbonyl (C=O) groups is 4. The highest BCUT2D eigenvalue weighted by atomic mass is 32.1. The van der Waals surface area contributed by atoms with Crippen molar-refractivity contribution < 1.29 is 28.7 Å². The number of methoxy groups -OCH3 is 2. The molecule has 1 aromatic carbocycles. The topological polar surface area (TPSA) is 163 Å². The van der Waals surface area contributed by atoms with Gasteiger partial charge in [-0.3, -0.25) is 9.59 Å². The van der Waals surface area contributed by atoms with Crippen molar-refractivity contribution in [1.82, 2.24) is 39.8 Å². The normalized spacial score (nSPS) is 14.2. The molecule has 60 heavy (non-hydrogen) atoms. The highest BCUT2D eigenvalue weighted by molar-refractivity contribution is 7.31.